The standard InChI is InChI=1S/C24H22FN5O4/c25-20-10-9-19(12-17(20)13-26)28-24-30-29-23(34-24)22(33)27-18-7-5-16(6-8-18)15-3-1-14(2-4-15)11-21(31)32/h5-10,12,14-15H,1-4,11H2,(H,27,33)(H,28,30)(H,31,32). The molecule has 3 aromatic rings. The number of nitriles is 1. The molecule has 0 atom stereocenters. The number of anilines is 3. The van der Waals surface area contributed by atoms with Crippen LogP contribution in [0.2, 0.25) is 0 Å². The van der Waals surface area contributed by atoms with Crippen LogP contribution in [0.3, 0.4) is 0 Å². The van der Waals surface area contributed by atoms with Gasteiger partial charge >= 0.3 is 23.8 Å². The topological polar surface area (TPSA) is 141 Å². The van der Waals surface area contributed by atoms with Crippen molar-refractivity contribution in [3.8, 4) is 6.07 Å². The fourth-order valence-electron chi connectivity index (χ4n) is 4.15. The summed E-state index contributed by atoms with van der Waals surface area (Å²) in [6, 6.07) is 13.0. The van der Waals surface area contributed by atoms with Crippen LogP contribution in [-0.4, -0.2) is 27.2 Å². The molecule has 1 amide bonds. The Morgan fingerprint density at radius 3 is 2.47 bits per heavy atom. The minimum atomic E-state index is -0.740. The number of carbonyl (C=O) groups excluding carboxylic acids is 1. The zero-order valence-electron chi connectivity index (χ0n) is 18.1. The van der Waals surface area contributed by atoms with Crippen molar-refractivity contribution in [1.82, 2.24) is 10.2 Å². The van der Waals surface area contributed by atoms with E-state index in [1.165, 1.54) is 12.1 Å². The van der Waals surface area contributed by atoms with Crippen LogP contribution in [0, 0.1) is 23.1 Å². The summed E-state index contributed by atoms with van der Waals surface area (Å²) in [6.07, 6.45) is 3.93. The monoisotopic (exact) mass is 463 g/mol. The summed E-state index contributed by atoms with van der Waals surface area (Å²) in [7, 11) is 0. The van der Waals surface area contributed by atoms with Crippen molar-refractivity contribution < 1.29 is 23.5 Å². The minimum Gasteiger partial charge on any atom is -0.481 e. The molecule has 0 unspecified atom stereocenters. The summed E-state index contributed by atoms with van der Waals surface area (Å²) < 4.78 is 18.8. The summed E-state index contributed by atoms with van der Waals surface area (Å²) in [5, 5.41) is 30.8. The lowest BCUT2D eigenvalue weighted by Gasteiger charge is -2.28. The number of nitrogens with one attached hydrogen (secondary N) is 2. The fourth-order valence-corrected chi connectivity index (χ4v) is 4.15. The summed E-state index contributed by atoms with van der Waals surface area (Å²) in [5.41, 5.74) is 1.95. The van der Waals surface area contributed by atoms with Crippen LogP contribution in [0.4, 0.5) is 21.8 Å². The molecule has 0 spiro atoms. The lowest BCUT2D eigenvalue weighted by atomic mass is 9.77. The Hall–Kier alpha value is -4.26. The van der Waals surface area contributed by atoms with E-state index in [-0.39, 0.29) is 29.8 Å². The lowest BCUT2D eigenvalue weighted by molar-refractivity contribution is -0.138. The fraction of sp³-hybridized carbons (Fsp3) is 0.292. The number of aliphatic carboxylic acids is 1. The first-order valence-corrected chi connectivity index (χ1v) is 10.8. The smallest absolute Gasteiger partial charge is 0.320 e. The second-order valence-corrected chi connectivity index (χ2v) is 8.24. The second kappa shape index (κ2) is 10.1. The first kappa shape index (κ1) is 22.9. The summed E-state index contributed by atoms with van der Waals surface area (Å²) in [6.45, 7) is 0. The molecule has 34 heavy (non-hydrogen) atoms. The van der Waals surface area contributed by atoms with Crippen LogP contribution in [-0.2, 0) is 4.79 Å². The zero-order chi connectivity index (χ0) is 24.1. The van der Waals surface area contributed by atoms with Crippen LogP contribution < -0.4 is 10.6 Å². The first-order valence-electron chi connectivity index (χ1n) is 10.8. The Morgan fingerprint density at radius 1 is 1.09 bits per heavy atom. The summed E-state index contributed by atoms with van der Waals surface area (Å²) in [5.74, 6) is -1.60. The number of carboxylic acid groups (broad SMARTS) is 1. The van der Waals surface area contributed by atoms with Crippen molar-refractivity contribution in [3.63, 3.8) is 0 Å². The van der Waals surface area contributed by atoms with Gasteiger partial charge in [-0.1, -0.05) is 17.2 Å². The van der Waals surface area contributed by atoms with Crippen molar-refractivity contribution in [2.45, 2.75) is 38.0 Å². The van der Waals surface area contributed by atoms with E-state index in [1.807, 2.05) is 12.1 Å². The van der Waals surface area contributed by atoms with E-state index in [2.05, 4.69) is 20.8 Å². The number of nitrogens with zero attached hydrogens (tertiary/aromatic N) is 3. The third kappa shape index (κ3) is 5.56. The molecule has 1 saturated carbocycles. The molecule has 0 radical (unpaired) electrons. The molecule has 3 N–H and O–H groups in total. The number of aromatic nitrogens is 2. The normalized spacial score (nSPS) is 17.5. The maximum atomic E-state index is 13.4. The molecule has 1 heterocycles. The van der Waals surface area contributed by atoms with Crippen LogP contribution in [0.25, 0.3) is 0 Å². The van der Waals surface area contributed by atoms with Crippen molar-refractivity contribution >= 4 is 29.3 Å². The number of amides is 1. The van der Waals surface area contributed by atoms with Crippen LogP contribution in [0.5, 0.6) is 0 Å². The highest BCUT2D eigenvalue weighted by Crippen LogP contribution is 2.37. The lowest BCUT2D eigenvalue weighted by Crippen LogP contribution is -2.16. The number of hydrogen-bond donors (Lipinski definition) is 3. The molecule has 10 heteroatoms. The van der Waals surface area contributed by atoms with Crippen molar-refractivity contribution in [3.05, 3.63) is 65.3 Å². The van der Waals surface area contributed by atoms with Gasteiger partial charge in [-0.3, -0.25) is 9.59 Å². The Morgan fingerprint density at radius 2 is 1.79 bits per heavy atom. The predicted molar refractivity (Wildman–Crippen MR) is 120 cm³/mol. The SMILES string of the molecule is N#Cc1cc(Nc2nnc(C(=O)Nc3ccc(C4CCC(CC(=O)O)CC4)cc3)o2)ccc1F. The Kier molecular flexibility index (Phi) is 6.82. The molecule has 0 aliphatic heterocycles. The largest absolute Gasteiger partial charge is 0.481 e. The van der Waals surface area contributed by atoms with Gasteiger partial charge in [0.15, 0.2) is 0 Å². The summed E-state index contributed by atoms with van der Waals surface area (Å²) >= 11 is 0. The zero-order valence-corrected chi connectivity index (χ0v) is 18.1. The van der Waals surface area contributed by atoms with E-state index in [4.69, 9.17) is 14.8 Å². The molecule has 9 nitrogen and oxygen atoms in total. The number of benzene rings is 2. The van der Waals surface area contributed by atoms with Gasteiger partial charge in [0.25, 0.3) is 0 Å². The minimum absolute atomic E-state index is 0.0745. The molecule has 1 aliphatic carbocycles. The highest BCUT2D eigenvalue weighted by molar-refractivity contribution is 6.00. The average molecular weight is 463 g/mol. The quantitative estimate of drug-likeness (QED) is 0.453. The molecule has 0 bridgehead atoms. The molecule has 4 rings (SSSR count). The van der Waals surface area contributed by atoms with Gasteiger partial charge in [-0.15, -0.1) is 5.10 Å². The Bertz CT molecular complexity index is 1230. The van der Waals surface area contributed by atoms with Gasteiger partial charge in [-0.25, -0.2) is 4.39 Å². The molecule has 0 saturated heterocycles. The summed E-state index contributed by atoms with van der Waals surface area (Å²) in [4.78, 5) is 23.3. The number of hydrogen-bond acceptors (Lipinski definition) is 7. The molecular weight excluding hydrogens is 441 g/mol. The Balaban J connectivity index is 1.32. The van der Waals surface area contributed by atoms with E-state index in [1.54, 1.807) is 18.2 Å². The molecule has 1 aromatic heterocycles. The van der Waals surface area contributed by atoms with Crippen molar-refractivity contribution in [1.29, 1.82) is 5.26 Å². The number of carbonyl (C=O) groups is 2. The predicted octanol–water partition coefficient (Wildman–Crippen LogP) is 4.82. The van der Waals surface area contributed by atoms with Gasteiger partial charge in [-0.05, 0) is 73.4 Å². The van der Waals surface area contributed by atoms with Crippen molar-refractivity contribution in [2.75, 3.05) is 10.6 Å². The molecule has 1 fully saturated rings. The third-order valence-electron chi connectivity index (χ3n) is 5.91. The number of rotatable bonds is 7. The van der Waals surface area contributed by atoms with E-state index in [0.717, 1.165) is 37.3 Å². The Labute approximate surface area is 194 Å². The van der Waals surface area contributed by atoms with Gasteiger partial charge in [-0.2, -0.15) is 5.26 Å². The average Bonchev–Trinajstić information content (AvgIpc) is 3.30. The van der Waals surface area contributed by atoms with Gasteiger partial charge in [0, 0.05) is 17.8 Å². The number of halogens is 1. The molecule has 174 valence electrons. The highest BCUT2D eigenvalue weighted by atomic mass is 19.1. The molecule has 2 aromatic carbocycles. The van der Waals surface area contributed by atoms with Gasteiger partial charge < -0.3 is 20.2 Å². The van der Waals surface area contributed by atoms with Crippen LogP contribution >= 0.6 is 0 Å². The second-order valence-electron chi connectivity index (χ2n) is 8.24. The van der Waals surface area contributed by atoms with E-state index in [0.29, 0.717) is 17.3 Å². The van der Waals surface area contributed by atoms with Gasteiger partial charge in [0.05, 0.1) is 5.56 Å². The van der Waals surface area contributed by atoms with E-state index in [9.17, 15) is 14.0 Å². The highest BCUT2D eigenvalue weighted by Gasteiger charge is 2.24. The van der Waals surface area contributed by atoms with Gasteiger partial charge in [0.1, 0.15) is 11.9 Å². The van der Waals surface area contributed by atoms with Crippen LogP contribution in [0.15, 0.2) is 46.9 Å². The molecule has 1 aliphatic rings. The van der Waals surface area contributed by atoms with Crippen molar-refractivity contribution in [2.24, 2.45) is 5.92 Å². The maximum Gasteiger partial charge on any atom is 0.320 e. The molecular formula is C24H22FN5O4. The first-order chi connectivity index (χ1) is 16.4. The third-order valence-corrected chi connectivity index (χ3v) is 5.91. The van der Waals surface area contributed by atoms with Gasteiger partial charge in [0.2, 0.25) is 0 Å². The maximum absolute atomic E-state index is 13.4. The number of carboxylic acids is 1. The van der Waals surface area contributed by atoms with Crippen LogP contribution in [0.1, 0.15) is 59.8 Å². The van der Waals surface area contributed by atoms with E-state index >= 15 is 0 Å². The van der Waals surface area contributed by atoms with E-state index < -0.39 is 17.7 Å².